The van der Waals surface area contributed by atoms with E-state index < -0.39 is 0 Å². The predicted octanol–water partition coefficient (Wildman–Crippen LogP) is 3.57. The van der Waals surface area contributed by atoms with Crippen LogP contribution in [-0.4, -0.2) is 54.7 Å². The van der Waals surface area contributed by atoms with Crippen molar-refractivity contribution >= 4 is 6.03 Å². The highest BCUT2D eigenvalue weighted by molar-refractivity contribution is 5.75. The summed E-state index contributed by atoms with van der Waals surface area (Å²) in [6.07, 6.45) is 1.81. The van der Waals surface area contributed by atoms with Crippen molar-refractivity contribution in [3.8, 4) is 0 Å². The molecule has 2 fully saturated rings. The molecule has 6 heteroatoms. The fourth-order valence-electron chi connectivity index (χ4n) is 4.10. The number of ether oxygens (including phenoxy) is 1. The second-order valence-corrected chi connectivity index (χ2v) is 7.78. The topological polar surface area (TPSA) is 44.8 Å². The molecule has 0 spiro atoms. The van der Waals surface area contributed by atoms with Gasteiger partial charge in [-0.05, 0) is 36.1 Å². The second kappa shape index (κ2) is 9.37. The van der Waals surface area contributed by atoms with E-state index >= 15 is 0 Å². The lowest BCUT2D eigenvalue weighted by atomic mass is 9.99. The van der Waals surface area contributed by atoms with E-state index in [-0.39, 0.29) is 24.0 Å². The van der Waals surface area contributed by atoms with Crippen LogP contribution >= 0.6 is 0 Å². The summed E-state index contributed by atoms with van der Waals surface area (Å²) in [4.78, 5) is 17.2. The molecule has 0 radical (unpaired) electrons. The molecule has 2 unspecified atom stereocenters. The zero-order chi connectivity index (χ0) is 20.1. The van der Waals surface area contributed by atoms with Crippen LogP contribution in [0.2, 0.25) is 0 Å². The first-order valence-corrected chi connectivity index (χ1v) is 10.4. The fraction of sp³-hybridized carbons (Fsp3) is 0.435. The summed E-state index contributed by atoms with van der Waals surface area (Å²) in [6, 6.07) is 16.4. The highest BCUT2D eigenvalue weighted by Crippen LogP contribution is 2.27. The zero-order valence-corrected chi connectivity index (χ0v) is 16.6. The van der Waals surface area contributed by atoms with Crippen molar-refractivity contribution in [3.63, 3.8) is 0 Å². The molecule has 2 aliphatic heterocycles. The van der Waals surface area contributed by atoms with Gasteiger partial charge in [0.25, 0.3) is 0 Å². The van der Waals surface area contributed by atoms with Gasteiger partial charge < -0.3 is 15.0 Å². The molecule has 4 rings (SSSR count). The van der Waals surface area contributed by atoms with Crippen molar-refractivity contribution in [1.29, 1.82) is 0 Å². The van der Waals surface area contributed by atoms with Gasteiger partial charge in [-0.15, -0.1) is 0 Å². The Kier molecular flexibility index (Phi) is 6.42. The molecule has 0 aromatic heterocycles. The molecule has 2 aromatic carbocycles. The molecule has 29 heavy (non-hydrogen) atoms. The van der Waals surface area contributed by atoms with Gasteiger partial charge in [-0.2, -0.15) is 0 Å². The third-order valence-electron chi connectivity index (χ3n) is 5.75. The summed E-state index contributed by atoms with van der Waals surface area (Å²) >= 11 is 0. The maximum atomic E-state index is 13.3. The Morgan fingerprint density at radius 1 is 1.07 bits per heavy atom. The molecule has 0 aliphatic carbocycles. The molecular formula is C23H28FN3O2. The SMILES string of the molecule is O=C(NC(c1ccc(F)cc1)C1CCCO1)N1CCN(Cc2ccccc2)CC1. The van der Waals surface area contributed by atoms with Crippen LogP contribution in [0.3, 0.4) is 0 Å². The second-order valence-electron chi connectivity index (χ2n) is 7.78. The summed E-state index contributed by atoms with van der Waals surface area (Å²) in [5.74, 6) is -0.277. The van der Waals surface area contributed by atoms with E-state index in [4.69, 9.17) is 4.74 Å². The Hall–Kier alpha value is -2.44. The first-order valence-electron chi connectivity index (χ1n) is 10.4. The largest absolute Gasteiger partial charge is 0.376 e. The zero-order valence-electron chi connectivity index (χ0n) is 16.6. The molecule has 0 saturated carbocycles. The fourth-order valence-corrected chi connectivity index (χ4v) is 4.10. The number of amides is 2. The van der Waals surface area contributed by atoms with Crippen molar-refractivity contribution in [1.82, 2.24) is 15.1 Å². The Labute approximate surface area is 171 Å². The molecule has 2 atom stereocenters. The van der Waals surface area contributed by atoms with Crippen LogP contribution in [0.15, 0.2) is 54.6 Å². The summed E-state index contributed by atoms with van der Waals surface area (Å²) in [7, 11) is 0. The van der Waals surface area contributed by atoms with E-state index in [1.54, 1.807) is 12.1 Å². The van der Waals surface area contributed by atoms with Crippen molar-refractivity contribution in [2.75, 3.05) is 32.8 Å². The van der Waals surface area contributed by atoms with E-state index in [0.29, 0.717) is 19.7 Å². The van der Waals surface area contributed by atoms with Crippen molar-refractivity contribution < 1.29 is 13.9 Å². The average Bonchev–Trinajstić information content (AvgIpc) is 3.28. The number of rotatable bonds is 5. The molecule has 2 heterocycles. The standard InChI is InChI=1S/C23H28FN3O2/c24-20-10-8-19(9-11-20)22(21-7-4-16-29-21)25-23(28)27-14-12-26(13-15-27)17-18-5-2-1-3-6-18/h1-3,5-6,8-11,21-22H,4,7,12-17H2,(H,25,28). The highest BCUT2D eigenvalue weighted by atomic mass is 19.1. The molecule has 5 nitrogen and oxygen atoms in total. The van der Waals surface area contributed by atoms with Gasteiger partial charge >= 0.3 is 6.03 Å². The van der Waals surface area contributed by atoms with Gasteiger partial charge in [0.2, 0.25) is 0 Å². The van der Waals surface area contributed by atoms with Gasteiger partial charge in [0.1, 0.15) is 5.82 Å². The highest BCUT2D eigenvalue weighted by Gasteiger charge is 2.31. The number of carbonyl (C=O) groups excluding carboxylic acids is 1. The van der Waals surface area contributed by atoms with E-state index in [2.05, 4.69) is 34.5 Å². The van der Waals surface area contributed by atoms with Crippen molar-refractivity contribution in [3.05, 3.63) is 71.5 Å². The lowest BCUT2D eigenvalue weighted by Crippen LogP contribution is -2.52. The Balaban J connectivity index is 1.35. The van der Waals surface area contributed by atoms with Crippen LogP contribution in [0.5, 0.6) is 0 Å². The molecule has 2 aliphatic rings. The number of urea groups is 1. The van der Waals surface area contributed by atoms with Crippen LogP contribution in [0.4, 0.5) is 9.18 Å². The van der Waals surface area contributed by atoms with Crippen LogP contribution in [0.25, 0.3) is 0 Å². The lowest BCUT2D eigenvalue weighted by molar-refractivity contribution is 0.0749. The van der Waals surface area contributed by atoms with Gasteiger partial charge in [-0.25, -0.2) is 9.18 Å². The summed E-state index contributed by atoms with van der Waals surface area (Å²) in [6.45, 7) is 4.70. The lowest BCUT2D eigenvalue weighted by Gasteiger charge is -2.36. The van der Waals surface area contributed by atoms with Gasteiger partial charge in [0, 0.05) is 39.3 Å². The van der Waals surface area contributed by atoms with Gasteiger partial charge in [0.15, 0.2) is 0 Å². The summed E-state index contributed by atoms with van der Waals surface area (Å²) < 4.78 is 19.2. The number of nitrogens with zero attached hydrogens (tertiary/aromatic N) is 2. The normalized spacial score (nSPS) is 21.1. The molecule has 154 valence electrons. The average molecular weight is 397 g/mol. The Morgan fingerprint density at radius 2 is 1.79 bits per heavy atom. The van der Waals surface area contributed by atoms with Crippen LogP contribution in [0, 0.1) is 5.82 Å². The van der Waals surface area contributed by atoms with Crippen LogP contribution in [-0.2, 0) is 11.3 Å². The predicted molar refractivity (Wildman–Crippen MR) is 110 cm³/mol. The molecule has 2 aromatic rings. The first-order chi connectivity index (χ1) is 14.2. The van der Waals surface area contributed by atoms with E-state index in [9.17, 15) is 9.18 Å². The summed E-state index contributed by atoms with van der Waals surface area (Å²) in [5, 5.41) is 3.15. The third-order valence-corrected chi connectivity index (χ3v) is 5.75. The smallest absolute Gasteiger partial charge is 0.318 e. The first kappa shape index (κ1) is 19.9. The molecule has 0 bridgehead atoms. The minimum absolute atomic E-state index is 0.0659. The minimum atomic E-state index is -0.277. The number of benzene rings is 2. The monoisotopic (exact) mass is 397 g/mol. The van der Waals surface area contributed by atoms with Crippen molar-refractivity contribution in [2.45, 2.75) is 31.5 Å². The molecule has 2 amide bonds. The van der Waals surface area contributed by atoms with Crippen molar-refractivity contribution in [2.24, 2.45) is 0 Å². The maximum absolute atomic E-state index is 13.3. The third kappa shape index (κ3) is 5.14. The number of halogens is 1. The Morgan fingerprint density at radius 3 is 2.45 bits per heavy atom. The number of nitrogens with one attached hydrogen (secondary N) is 1. The summed E-state index contributed by atoms with van der Waals surface area (Å²) in [5.41, 5.74) is 2.18. The minimum Gasteiger partial charge on any atom is -0.376 e. The molecule has 1 N–H and O–H groups in total. The van der Waals surface area contributed by atoms with E-state index in [1.165, 1.54) is 17.7 Å². The number of piperazine rings is 1. The number of hydrogen-bond acceptors (Lipinski definition) is 3. The number of hydrogen-bond donors (Lipinski definition) is 1. The van der Waals surface area contributed by atoms with Gasteiger partial charge in [0.05, 0.1) is 12.1 Å². The van der Waals surface area contributed by atoms with Crippen LogP contribution < -0.4 is 5.32 Å². The molecular weight excluding hydrogens is 369 g/mol. The van der Waals surface area contributed by atoms with Gasteiger partial charge in [-0.3, -0.25) is 4.90 Å². The van der Waals surface area contributed by atoms with Gasteiger partial charge in [-0.1, -0.05) is 42.5 Å². The maximum Gasteiger partial charge on any atom is 0.318 e. The quantitative estimate of drug-likeness (QED) is 0.839. The van der Waals surface area contributed by atoms with E-state index in [0.717, 1.165) is 38.0 Å². The Bertz CT molecular complexity index is 786. The van der Waals surface area contributed by atoms with E-state index in [1.807, 2.05) is 11.0 Å². The molecule has 2 saturated heterocycles. The number of carbonyl (C=O) groups is 1. The van der Waals surface area contributed by atoms with Crippen LogP contribution in [0.1, 0.15) is 30.0 Å².